The van der Waals surface area contributed by atoms with Crippen molar-refractivity contribution < 1.29 is 0 Å². The SMILES string of the molecule is CCc1nn2c(=O)cc(CSc3nnnn3-c3c(C)cccc3C)nc2s1. The molecule has 27 heavy (non-hydrogen) atoms. The van der Waals surface area contributed by atoms with Crippen LogP contribution in [0, 0.1) is 13.8 Å². The Kier molecular flexibility index (Phi) is 4.75. The van der Waals surface area contributed by atoms with Crippen LogP contribution in [-0.4, -0.2) is 34.8 Å². The first-order chi connectivity index (χ1) is 13.1. The van der Waals surface area contributed by atoms with Gasteiger partial charge in [0, 0.05) is 11.8 Å². The second-order valence-electron chi connectivity index (χ2n) is 6.03. The van der Waals surface area contributed by atoms with E-state index in [0.717, 1.165) is 28.2 Å². The molecule has 0 unspecified atom stereocenters. The zero-order chi connectivity index (χ0) is 19.0. The predicted molar refractivity (Wildman–Crippen MR) is 105 cm³/mol. The van der Waals surface area contributed by atoms with Crippen LogP contribution in [-0.2, 0) is 12.2 Å². The van der Waals surface area contributed by atoms with Crippen molar-refractivity contribution in [1.29, 1.82) is 0 Å². The maximum absolute atomic E-state index is 12.3. The molecule has 0 radical (unpaired) electrons. The lowest BCUT2D eigenvalue weighted by molar-refractivity contribution is 0.747. The minimum atomic E-state index is -0.166. The second-order valence-corrected chi connectivity index (χ2v) is 8.01. The number of thioether (sulfide) groups is 1. The Morgan fingerprint density at radius 3 is 2.74 bits per heavy atom. The third kappa shape index (κ3) is 3.37. The fraction of sp³-hybridized carbons (Fsp3) is 0.294. The minimum absolute atomic E-state index is 0.166. The van der Waals surface area contributed by atoms with Crippen LogP contribution in [0.4, 0.5) is 0 Å². The topological polar surface area (TPSA) is 90.9 Å². The van der Waals surface area contributed by atoms with Gasteiger partial charge in [0.25, 0.3) is 5.56 Å². The molecule has 0 amide bonds. The zero-order valence-electron chi connectivity index (χ0n) is 15.1. The van der Waals surface area contributed by atoms with Crippen molar-refractivity contribution >= 4 is 28.1 Å². The molecule has 0 fully saturated rings. The molecular weight excluding hydrogens is 382 g/mol. The number of hydrogen-bond donors (Lipinski definition) is 0. The molecule has 0 N–H and O–H groups in total. The molecule has 8 nitrogen and oxygen atoms in total. The van der Waals surface area contributed by atoms with Gasteiger partial charge in [0.2, 0.25) is 10.1 Å². The van der Waals surface area contributed by atoms with Crippen molar-refractivity contribution in [3.63, 3.8) is 0 Å². The summed E-state index contributed by atoms with van der Waals surface area (Å²) in [5, 5.41) is 17.9. The fourth-order valence-electron chi connectivity index (χ4n) is 2.80. The molecule has 4 rings (SSSR count). The van der Waals surface area contributed by atoms with Gasteiger partial charge in [-0.25, -0.2) is 4.98 Å². The van der Waals surface area contributed by atoms with Gasteiger partial charge >= 0.3 is 0 Å². The molecule has 0 bridgehead atoms. The molecule has 0 aliphatic carbocycles. The van der Waals surface area contributed by atoms with Crippen molar-refractivity contribution in [2.45, 2.75) is 38.1 Å². The third-order valence-corrected chi connectivity index (χ3v) is 6.09. The molecule has 0 saturated carbocycles. The Bertz CT molecular complexity index is 1160. The summed E-state index contributed by atoms with van der Waals surface area (Å²) < 4.78 is 3.10. The molecule has 0 saturated heterocycles. The highest BCUT2D eigenvalue weighted by Crippen LogP contribution is 2.25. The Morgan fingerprint density at radius 1 is 1.22 bits per heavy atom. The standard InChI is InChI=1S/C17H17N7OS2/c1-4-13-20-23-14(25)8-12(18-16(23)27-13)9-26-17-19-21-22-24(17)15-10(2)6-5-7-11(15)3/h5-8H,4,9H2,1-3H3. The Hall–Kier alpha value is -2.59. The summed E-state index contributed by atoms with van der Waals surface area (Å²) in [7, 11) is 0. The van der Waals surface area contributed by atoms with Crippen molar-refractivity contribution in [1.82, 2.24) is 34.8 Å². The zero-order valence-corrected chi connectivity index (χ0v) is 16.7. The summed E-state index contributed by atoms with van der Waals surface area (Å²) in [6.45, 7) is 6.07. The van der Waals surface area contributed by atoms with Crippen LogP contribution in [0.1, 0.15) is 28.8 Å². The number of rotatable bonds is 5. The first-order valence-electron chi connectivity index (χ1n) is 8.43. The van der Waals surface area contributed by atoms with Gasteiger partial charge in [0.1, 0.15) is 5.01 Å². The number of benzene rings is 1. The van der Waals surface area contributed by atoms with Crippen LogP contribution in [0.25, 0.3) is 10.6 Å². The van der Waals surface area contributed by atoms with Gasteiger partial charge in [-0.3, -0.25) is 4.79 Å². The van der Waals surface area contributed by atoms with E-state index < -0.39 is 0 Å². The van der Waals surface area contributed by atoms with Crippen molar-refractivity contribution in [3.05, 3.63) is 56.4 Å². The van der Waals surface area contributed by atoms with Gasteiger partial charge in [-0.1, -0.05) is 48.2 Å². The van der Waals surface area contributed by atoms with E-state index >= 15 is 0 Å². The molecule has 138 valence electrons. The minimum Gasteiger partial charge on any atom is -0.267 e. The molecule has 1 aromatic carbocycles. The molecule has 0 atom stereocenters. The predicted octanol–water partition coefficient (Wildman–Crippen LogP) is 2.60. The second kappa shape index (κ2) is 7.20. The van der Waals surface area contributed by atoms with Gasteiger partial charge in [0.05, 0.1) is 11.4 Å². The summed E-state index contributed by atoms with van der Waals surface area (Å²) in [6.07, 6.45) is 0.780. The Labute approximate surface area is 163 Å². The molecule has 0 spiro atoms. The monoisotopic (exact) mass is 399 g/mol. The van der Waals surface area contributed by atoms with E-state index in [2.05, 4.69) is 25.6 Å². The van der Waals surface area contributed by atoms with E-state index in [1.807, 2.05) is 39.0 Å². The third-order valence-electron chi connectivity index (χ3n) is 4.08. The lowest BCUT2D eigenvalue weighted by Crippen LogP contribution is -2.15. The smallest absolute Gasteiger partial charge is 0.267 e. The highest BCUT2D eigenvalue weighted by atomic mass is 32.2. The van der Waals surface area contributed by atoms with E-state index in [1.165, 1.54) is 33.7 Å². The van der Waals surface area contributed by atoms with Gasteiger partial charge in [0.15, 0.2) is 0 Å². The first kappa shape index (κ1) is 17.8. The molecular formula is C17H17N7OS2. The summed E-state index contributed by atoms with van der Waals surface area (Å²) in [6, 6.07) is 7.60. The summed E-state index contributed by atoms with van der Waals surface area (Å²) >= 11 is 2.89. The van der Waals surface area contributed by atoms with Crippen LogP contribution >= 0.6 is 23.1 Å². The largest absolute Gasteiger partial charge is 0.275 e. The van der Waals surface area contributed by atoms with Crippen molar-refractivity contribution in [3.8, 4) is 5.69 Å². The van der Waals surface area contributed by atoms with Crippen LogP contribution in [0.15, 0.2) is 34.2 Å². The summed E-state index contributed by atoms with van der Waals surface area (Å²) in [5.41, 5.74) is 3.69. The maximum Gasteiger partial charge on any atom is 0.275 e. The normalized spacial score (nSPS) is 11.4. The maximum atomic E-state index is 12.3. The fourth-order valence-corrected chi connectivity index (χ4v) is 4.43. The van der Waals surface area contributed by atoms with Gasteiger partial charge in [-0.05, 0) is 41.8 Å². The first-order valence-corrected chi connectivity index (χ1v) is 10.2. The molecule has 10 heteroatoms. The van der Waals surface area contributed by atoms with Crippen LogP contribution in [0.5, 0.6) is 0 Å². The Morgan fingerprint density at radius 2 is 2.00 bits per heavy atom. The van der Waals surface area contributed by atoms with E-state index in [9.17, 15) is 4.79 Å². The summed E-state index contributed by atoms with van der Waals surface area (Å²) in [5.74, 6) is 0.496. The number of aryl methyl sites for hydroxylation is 3. The lowest BCUT2D eigenvalue weighted by Gasteiger charge is -2.10. The van der Waals surface area contributed by atoms with Gasteiger partial charge < -0.3 is 0 Å². The van der Waals surface area contributed by atoms with E-state index in [0.29, 0.717) is 21.6 Å². The number of tetrazole rings is 1. The van der Waals surface area contributed by atoms with Crippen molar-refractivity contribution in [2.75, 3.05) is 0 Å². The Balaban J connectivity index is 1.63. The van der Waals surface area contributed by atoms with Crippen molar-refractivity contribution in [2.24, 2.45) is 0 Å². The number of para-hydroxylation sites is 1. The van der Waals surface area contributed by atoms with E-state index in [-0.39, 0.29) is 5.56 Å². The molecule has 3 aromatic heterocycles. The van der Waals surface area contributed by atoms with Crippen LogP contribution in [0.2, 0.25) is 0 Å². The average Bonchev–Trinajstić information content (AvgIpc) is 3.27. The highest BCUT2D eigenvalue weighted by molar-refractivity contribution is 7.98. The molecule has 0 aliphatic heterocycles. The van der Waals surface area contributed by atoms with E-state index in [1.54, 1.807) is 4.68 Å². The average molecular weight is 400 g/mol. The van der Waals surface area contributed by atoms with Gasteiger partial charge in [-0.2, -0.15) is 14.3 Å². The highest BCUT2D eigenvalue weighted by Gasteiger charge is 2.15. The number of hydrogen-bond acceptors (Lipinski definition) is 8. The molecule has 3 heterocycles. The molecule has 4 aromatic rings. The number of fused-ring (bicyclic) bond motifs is 1. The number of nitrogens with zero attached hydrogens (tertiary/aromatic N) is 7. The molecule has 0 aliphatic rings. The van der Waals surface area contributed by atoms with Crippen LogP contribution in [0.3, 0.4) is 0 Å². The quantitative estimate of drug-likeness (QED) is 0.476. The number of aromatic nitrogens is 7. The van der Waals surface area contributed by atoms with Crippen LogP contribution < -0.4 is 5.56 Å². The lowest BCUT2D eigenvalue weighted by atomic mass is 10.1. The van der Waals surface area contributed by atoms with E-state index in [4.69, 9.17) is 0 Å². The summed E-state index contributed by atoms with van der Waals surface area (Å²) in [4.78, 5) is 17.5. The van der Waals surface area contributed by atoms with Gasteiger partial charge in [-0.15, -0.1) is 5.10 Å².